The summed E-state index contributed by atoms with van der Waals surface area (Å²) in [5.41, 5.74) is 12.7. The van der Waals surface area contributed by atoms with Gasteiger partial charge in [0.2, 0.25) is 5.89 Å². The highest BCUT2D eigenvalue weighted by Gasteiger charge is 2.13. The van der Waals surface area contributed by atoms with Crippen molar-refractivity contribution < 1.29 is 4.42 Å². The summed E-state index contributed by atoms with van der Waals surface area (Å²) in [6, 6.07) is 10.0. The molecule has 0 aliphatic carbocycles. The maximum atomic E-state index is 6.14. The van der Waals surface area contributed by atoms with Crippen molar-refractivity contribution in [2.75, 3.05) is 5.73 Å². The second kappa shape index (κ2) is 4.12. The summed E-state index contributed by atoms with van der Waals surface area (Å²) in [4.78, 5) is 4.54. The van der Waals surface area contributed by atoms with Gasteiger partial charge in [-0.1, -0.05) is 18.2 Å². The Kier molecular flexibility index (Phi) is 2.56. The molecule has 0 spiro atoms. The molecule has 1 heterocycles. The number of nitrogens with two attached hydrogens (primary N) is 1. The average molecular weight is 252 g/mol. The van der Waals surface area contributed by atoms with Crippen molar-refractivity contribution in [2.24, 2.45) is 0 Å². The first-order chi connectivity index (χ1) is 9.06. The minimum atomic E-state index is 0.591. The summed E-state index contributed by atoms with van der Waals surface area (Å²) in [6.07, 6.45) is 0. The number of hydrogen-bond donors (Lipinski definition) is 1. The largest absolute Gasteiger partial charge is 0.436 e. The van der Waals surface area contributed by atoms with Crippen LogP contribution in [-0.2, 0) is 0 Å². The van der Waals surface area contributed by atoms with Gasteiger partial charge in [0.15, 0.2) is 5.58 Å². The molecule has 0 amide bonds. The highest BCUT2D eigenvalue weighted by atomic mass is 16.3. The van der Waals surface area contributed by atoms with Crippen LogP contribution in [0.2, 0.25) is 0 Å². The summed E-state index contributed by atoms with van der Waals surface area (Å²) in [6.45, 7) is 6.06. The van der Waals surface area contributed by atoms with Crippen molar-refractivity contribution in [1.29, 1.82) is 0 Å². The Morgan fingerprint density at radius 1 is 1.05 bits per heavy atom. The second-order valence-corrected chi connectivity index (χ2v) is 4.99. The van der Waals surface area contributed by atoms with E-state index in [4.69, 9.17) is 10.2 Å². The Balaban J connectivity index is 2.28. The average Bonchev–Trinajstić information content (AvgIpc) is 2.79. The lowest BCUT2D eigenvalue weighted by atomic mass is 10.0. The molecule has 0 aliphatic rings. The normalized spacial score (nSPS) is 11.1. The number of nitrogen functional groups attached to an aromatic ring is 1. The van der Waals surface area contributed by atoms with E-state index in [2.05, 4.69) is 11.1 Å². The van der Waals surface area contributed by atoms with E-state index < -0.39 is 0 Å². The van der Waals surface area contributed by atoms with Gasteiger partial charge in [-0.3, -0.25) is 0 Å². The maximum absolute atomic E-state index is 6.14. The zero-order chi connectivity index (χ0) is 13.6. The maximum Gasteiger partial charge on any atom is 0.229 e. The second-order valence-electron chi connectivity index (χ2n) is 4.99. The van der Waals surface area contributed by atoms with E-state index in [1.54, 1.807) is 0 Å². The molecule has 0 aliphatic heterocycles. The van der Waals surface area contributed by atoms with Crippen molar-refractivity contribution in [2.45, 2.75) is 20.8 Å². The zero-order valence-corrected chi connectivity index (χ0v) is 11.3. The van der Waals surface area contributed by atoms with E-state index in [1.165, 1.54) is 0 Å². The van der Waals surface area contributed by atoms with E-state index in [-0.39, 0.29) is 0 Å². The summed E-state index contributed by atoms with van der Waals surface area (Å²) in [5.74, 6) is 0.591. The molecular formula is C16H16N2O. The first kappa shape index (κ1) is 11.8. The Morgan fingerprint density at radius 3 is 2.58 bits per heavy atom. The number of aromatic nitrogens is 1. The van der Waals surface area contributed by atoms with Crippen LogP contribution >= 0.6 is 0 Å². The topological polar surface area (TPSA) is 52.0 Å². The molecule has 1 aromatic heterocycles. The molecule has 19 heavy (non-hydrogen) atoms. The molecule has 0 fully saturated rings. The lowest BCUT2D eigenvalue weighted by molar-refractivity contribution is 0.617. The van der Waals surface area contributed by atoms with E-state index in [0.717, 1.165) is 39.0 Å². The van der Waals surface area contributed by atoms with Crippen LogP contribution in [-0.4, -0.2) is 4.98 Å². The number of para-hydroxylation sites is 1. The summed E-state index contributed by atoms with van der Waals surface area (Å²) in [5, 5.41) is 0. The predicted octanol–water partition coefficient (Wildman–Crippen LogP) is 4.00. The van der Waals surface area contributed by atoms with Crippen LogP contribution < -0.4 is 5.73 Å². The van der Waals surface area contributed by atoms with Crippen LogP contribution in [0.25, 0.3) is 22.6 Å². The van der Waals surface area contributed by atoms with Crippen LogP contribution in [0.1, 0.15) is 16.7 Å². The van der Waals surface area contributed by atoms with Crippen LogP contribution in [0, 0.1) is 20.8 Å². The number of anilines is 1. The van der Waals surface area contributed by atoms with Crippen molar-refractivity contribution in [3.63, 3.8) is 0 Å². The highest BCUT2D eigenvalue weighted by Crippen LogP contribution is 2.32. The SMILES string of the molecule is Cc1cc(C)c(N)c(-c2nc3cccc(C)c3o2)c1. The van der Waals surface area contributed by atoms with Crippen molar-refractivity contribution in [3.05, 3.63) is 47.0 Å². The molecule has 3 rings (SSSR count). The van der Waals surface area contributed by atoms with Gasteiger partial charge in [-0.2, -0.15) is 0 Å². The third kappa shape index (κ3) is 1.87. The number of oxazole rings is 1. The van der Waals surface area contributed by atoms with Gasteiger partial charge in [0.1, 0.15) is 5.52 Å². The van der Waals surface area contributed by atoms with Gasteiger partial charge < -0.3 is 10.2 Å². The number of aryl methyl sites for hydroxylation is 3. The van der Waals surface area contributed by atoms with Gasteiger partial charge in [-0.25, -0.2) is 4.98 Å². The van der Waals surface area contributed by atoms with E-state index in [0.29, 0.717) is 5.89 Å². The number of benzene rings is 2. The quantitative estimate of drug-likeness (QED) is 0.666. The van der Waals surface area contributed by atoms with Gasteiger partial charge in [0, 0.05) is 5.69 Å². The molecule has 0 saturated carbocycles. The third-order valence-electron chi connectivity index (χ3n) is 3.37. The third-order valence-corrected chi connectivity index (χ3v) is 3.37. The Morgan fingerprint density at radius 2 is 1.84 bits per heavy atom. The highest BCUT2D eigenvalue weighted by molar-refractivity contribution is 5.82. The summed E-state index contributed by atoms with van der Waals surface area (Å²) >= 11 is 0. The summed E-state index contributed by atoms with van der Waals surface area (Å²) < 4.78 is 5.88. The monoisotopic (exact) mass is 252 g/mol. The lowest BCUT2D eigenvalue weighted by Crippen LogP contribution is -1.95. The van der Waals surface area contributed by atoms with Gasteiger partial charge >= 0.3 is 0 Å². The lowest BCUT2D eigenvalue weighted by Gasteiger charge is -2.06. The smallest absolute Gasteiger partial charge is 0.229 e. The van der Waals surface area contributed by atoms with Crippen LogP contribution in [0.5, 0.6) is 0 Å². The molecule has 2 N–H and O–H groups in total. The summed E-state index contributed by atoms with van der Waals surface area (Å²) in [7, 11) is 0. The fourth-order valence-electron chi connectivity index (χ4n) is 2.36. The number of hydrogen-bond acceptors (Lipinski definition) is 3. The molecule has 3 nitrogen and oxygen atoms in total. The number of nitrogens with zero attached hydrogens (tertiary/aromatic N) is 1. The van der Waals surface area contributed by atoms with Gasteiger partial charge in [0.25, 0.3) is 0 Å². The molecule has 0 atom stereocenters. The molecule has 3 aromatic rings. The van der Waals surface area contributed by atoms with E-state index in [1.807, 2.05) is 45.0 Å². The Hall–Kier alpha value is -2.29. The van der Waals surface area contributed by atoms with Crippen LogP contribution in [0.3, 0.4) is 0 Å². The van der Waals surface area contributed by atoms with Crippen molar-refractivity contribution >= 4 is 16.8 Å². The van der Waals surface area contributed by atoms with E-state index in [9.17, 15) is 0 Å². The Labute approximate surface area is 112 Å². The molecule has 0 unspecified atom stereocenters. The first-order valence-corrected chi connectivity index (χ1v) is 6.29. The zero-order valence-electron chi connectivity index (χ0n) is 11.3. The molecule has 2 aromatic carbocycles. The minimum absolute atomic E-state index is 0.591. The minimum Gasteiger partial charge on any atom is -0.436 e. The number of rotatable bonds is 1. The van der Waals surface area contributed by atoms with Crippen LogP contribution in [0.4, 0.5) is 5.69 Å². The van der Waals surface area contributed by atoms with Crippen molar-refractivity contribution in [3.8, 4) is 11.5 Å². The van der Waals surface area contributed by atoms with Gasteiger partial charge in [0.05, 0.1) is 5.56 Å². The molecular weight excluding hydrogens is 236 g/mol. The van der Waals surface area contributed by atoms with Crippen LogP contribution in [0.15, 0.2) is 34.7 Å². The standard InChI is InChI=1S/C16H16N2O/c1-9-7-11(3)14(17)12(8-9)16-18-13-6-4-5-10(2)15(13)19-16/h4-8H,17H2,1-3H3. The van der Waals surface area contributed by atoms with Gasteiger partial charge in [-0.05, 0) is 49.6 Å². The van der Waals surface area contributed by atoms with E-state index >= 15 is 0 Å². The molecule has 0 saturated heterocycles. The fraction of sp³-hybridized carbons (Fsp3) is 0.188. The number of fused-ring (bicyclic) bond motifs is 1. The first-order valence-electron chi connectivity index (χ1n) is 6.29. The predicted molar refractivity (Wildman–Crippen MR) is 78.1 cm³/mol. The molecule has 0 bridgehead atoms. The molecule has 3 heteroatoms. The van der Waals surface area contributed by atoms with Gasteiger partial charge in [-0.15, -0.1) is 0 Å². The Bertz CT molecular complexity index is 772. The molecule has 96 valence electrons. The van der Waals surface area contributed by atoms with Crippen molar-refractivity contribution in [1.82, 2.24) is 4.98 Å². The fourth-order valence-corrected chi connectivity index (χ4v) is 2.36. The molecule has 0 radical (unpaired) electrons.